The number of benzene rings is 1. The lowest BCUT2D eigenvalue weighted by Gasteiger charge is -2.18. The van der Waals surface area contributed by atoms with Crippen molar-refractivity contribution in [2.75, 3.05) is 0 Å². The maximum Gasteiger partial charge on any atom is 0.0736 e. The number of aryl methyl sites for hydroxylation is 2. The summed E-state index contributed by atoms with van der Waals surface area (Å²) in [5.41, 5.74) is 5.01. The van der Waals surface area contributed by atoms with Gasteiger partial charge in [0.15, 0.2) is 0 Å². The number of aromatic nitrogens is 1. The molecule has 3 rings (SSSR count). The summed E-state index contributed by atoms with van der Waals surface area (Å²) in [5, 5.41) is 0.813. The first kappa shape index (κ1) is 137. The first-order valence-corrected chi connectivity index (χ1v) is 160. The van der Waals surface area contributed by atoms with E-state index < -0.39 is 0 Å². The SMILES string of the molecule is Clc1ccc2c(c1)CCc1cccnc1-2.S=S=S=S=S=S=S=S=S=S=S=S=S=S=S=S=S=S=S=S=S=S=S=S=S=S=S=S=S=S=S=S=S=S=S=S=S=S=S=S=S=S=S=S=S=S=S=S=S=S=S=S=S=S=S=S=S=S=S=S=S=S=S=S=S=S=S=S=S=S=S=S=S=S=S=S=S=S=S=S=S=S=S=S=S=S=S=S=S=S=S=S=S=S=S=S=S=S=S=S=S=S=S=S. The highest BCUT2D eigenvalue weighted by Gasteiger charge is 2.16. The Bertz CT molecular complexity index is 8910. The molecule has 0 saturated heterocycles. The Balaban J connectivity index is 0.00000281. The average molecular weight is 3550 g/mol. The van der Waals surface area contributed by atoms with Crippen LogP contribution in [0.5, 0.6) is 0 Å². The van der Waals surface area contributed by atoms with Gasteiger partial charge in [-0.25, -0.2) is 0 Å². The zero-order chi connectivity index (χ0) is 84.4. The first-order valence-electron chi connectivity index (χ1n) is 22.2. The van der Waals surface area contributed by atoms with E-state index in [1.807, 2.05) is 800 Å². The molecule has 698 valence electrons. The van der Waals surface area contributed by atoms with Gasteiger partial charge in [0.05, 0.1) is 5.69 Å². The summed E-state index contributed by atoms with van der Waals surface area (Å²) in [6, 6.07) is 10.2. The minimum absolute atomic E-state index is 0.813. The maximum absolute atomic E-state index is 5.98. The highest BCUT2D eigenvalue weighted by Crippen LogP contribution is 2.33. The predicted octanol–water partition coefficient (Wildman–Crippen LogP) is 3.25. The summed E-state index contributed by atoms with van der Waals surface area (Å²) in [5.74, 6) is 0. The second-order valence-electron chi connectivity index (χ2n) is 10.8. The molecule has 0 spiro atoms. The molecular weight excluding hydrogens is 3540 g/mol. The maximum atomic E-state index is 5.98. The molecule has 0 amide bonds. The van der Waals surface area contributed by atoms with Gasteiger partial charge >= 0.3 is 0 Å². The molecular formula is C13H10ClNS104. The molecule has 119 heavy (non-hydrogen) atoms. The summed E-state index contributed by atoms with van der Waals surface area (Å²) in [7, 11) is 185. The number of nitrogens with zero attached hydrogens (tertiary/aromatic N) is 1. The molecule has 0 saturated carbocycles. The monoisotopic (exact) mass is 3540 g/mol. The molecule has 1 aromatic heterocycles. The fraction of sp³-hybridized carbons (Fsp3) is 0.154. The largest absolute Gasteiger partial charge is 0.256 e. The van der Waals surface area contributed by atoms with Gasteiger partial charge in [-0.3, -0.25) is 4.98 Å². The van der Waals surface area contributed by atoms with Crippen molar-refractivity contribution < 1.29 is 0 Å². The summed E-state index contributed by atoms with van der Waals surface area (Å²) < 4.78 is 0. The molecule has 0 bridgehead atoms. The van der Waals surface area contributed by atoms with Gasteiger partial charge in [0, 0.05) is 945 Å². The summed E-state index contributed by atoms with van der Waals surface area (Å²) in [4.78, 5) is 4.45. The van der Waals surface area contributed by atoms with E-state index in [0.29, 0.717) is 0 Å². The van der Waals surface area contributed by atoms with Crippen LogP contribution in [-0.4, -0.2) is 4.98 Å². The fourth-order valence-corrected chi connectivity index (χ4v) is 278. The molecule has 1 heterocycles. The van der Waals surface area contributed by atoms with Gasteiger partial charge in [-0.1, -0.05) is 23.7 Å². The van der Waals surface area contributed by atoms with Crippen LogP contribution in [0.4, 0.5) is 0 Å². The van der Waals surface area contributed by atoms with Crippen molar-refractivity contribution >= 4 is 940 Å². The van der Waals surface area contributed by atoms with Gasteiger partial charge in [-0.2, -0.15) is 0 Å². The van der Waals surface area contributed by atoms with Crippen molar-refractivity contribution in [2.45, 2.75) is 12.8 Å². The van der Waals surface area contributed by atoms with E-state index in [4.69, 9.17) is 34.0 Å². The van der Waals surface area contributed by atoms with E-state index in [1.165, 1.54) is 34.5 Å². The molecule has 1 aliphatic rings. The lowest BCUT2D eigenvalue weighted by Crippen LogP contribution is -2.05. The van der Waals surface area contributed by atoms with Crippen molar-refractivity contribution in [2.24, 2.45) is 0 Å². The van der Waals surface area contributed by atoms with E-state index in [0.717, 1.165) is 23.6 Å². The Hall–Kier alpha value is 21.5. The standard InChI is InChI=1S/C13H10ClN.S104/c14-11-5-6-12-10(8-11)4-3-9-2-1-7-15-13(9)12;1-3-5-7-9-11-13-15-17-19-21-23-25-27-29-31-33-35-37-39-41-43-45-47-49-51-53-55-57-59-61-63-65-67-69-71-73-75-77-79-81-83-85-87-89-91-93-95-97-99-101-103-104-102-100-98-96-94-92-90-88-86-84-82-80-78-76-74-72-70-68-66-64-62-60-58-56-54-52-50-48-46-44-42-40-38-36-34-32-30-28-26-24-22-20-18-16-14-12-10-8-6-4-2/h1-2,5-8H,3-4H2;. The van der Waals surface area contributed by atoms with Crippen molar-refractivity contribution in [1.29, 1.82) is 0 Å². The van der Waals surface area contributed by atoms with E-state index >= 15 is 0 Å². The second-order valence-corrected chi connectivity index (χ2v) is 192. The number of hydrogen-bond donors (Lipinski definition) is 0. The third kappa shape index (κ3) is 109. The zero-order valence-corrected chi connectivity index (χ0v) is 136. The molecule has 0 radical (unpaired) electrons. The molecule has 106 heteroatoms. The van der Waals surface area contributed by atoms with Crippen LogP contribution < -0.4 is 0 Å². The third-order valence-corrected chi connectivity index (χ3v) is 230. The number of rotatable bonds is 0. The zero-order valence-electron chi connectivity index (χ0n) is 50.7. The van der Waals surface area contributed by atoms with Gasteiger partial charge in [-0.15, -0.1) is 0 Å². The molecule has 0 unspecified atom stereocenters. The lowest BCUT2D eigenvalue weighted by molar-refractivity contribution is 0.927. The van der Waals surface area contributed by atoms with Crippen LogP contribution in [0.2, 0.25) is 5.02 Å². The number of hydrogen-bond acceptors (Lipinski definition) is 3. The van der Waals surface area contributed by atoms with E-state index in [9.17, 15) is 0 Å². The molecule has 1 aliphatic carbocycles. The third-order valence-electron chi connectivity index (χ3n) is 5.68. The molecule has 0 N–H and O–H groups in total. The van der Waals surface area contributed by atoms with E-state index in [-0.39, 0.29) is 0 Å². The molecule has 2 aromatic rings. The van der Waals surface area contributed by atoms with Crippen LogP contribution >= 0.6 is 11.6 Å². The smallest absolute Gasteiger partial charge is 0.0736 e. The van der Waals surface area contributed by atoms with Crippen LogP contribution in [0.15, 0.2) is 36.5 Å². The first-order chi connectivity index (χ1) is 59.3. The van der Waals surface area contributed by atoms with Crippen LogP contribution in [-0.2, 0) is 941 Å². The normalized spacial score (nSPS) is 8.55. The van der Waals surface area contributed by atoms with Crippen LogP contribution in [0.25, 0.3) is 11.3 Å². The summed E-state index contributed by atoms with van der Waals surface area (Å²) in [6.07, 6.45) is 3.98. The van der Waals surface area contributed by atoms with Crippen LogP contribution in [0, 0.1) is 0 Å². The van der Waals surface area contributed by atoms with Crippen molar-refractivity contribution in [3.63, 3.8) is 0 Å². The Morgan fingerprint density at radius 2 is 0.311 bits per heavy atom. The Labute approximate surface area is 990 Å². The Morgan fingerprint density at radius 1 is 0.176 bits per heavy atom. The van der Waals surface area contributed by atoms with Crippen molar-refractivity contribution in [3.8, 4) is 11.3 Å². The summed E-state index contributed by atoms with van der Waals surface area (Å²) in [6.45, 7) is 0. The van der Waals surface area contributed by atoms with Crippen molar-refractivity contribution in [3.05, 3.63) is 52.7 Å². The molecule has 0 fully saturated rings. The Kier molecular flexibility index (Phi) is 141. The fourth-order valence-electron chi connectivity index (χ4n) is 3.29. The van der Waals surface area contributed by atoms with Crippen LogP contribution in [0.1, 0.15) is 11.1 Å². The minimum Gasteiger partial charge on any atom is -0.256 e. The highest BCUT2D eigenvalue weighted by atomic mass is 35.5. The highest BCUT2D eigenvalue weighted by molar-refractivity contribution is 8.88. The molecule has 0 atom stereocenters. The number of halogens is 1. The quantitative estimate of drug-likeness (QED) is 0.403. The molecule has 0 aliphatic heterocycles. The predicted molar refractivity (Wildman–Crippen MR) is 828 cm³/mol. The van der Waals surface area contributed by atoms with Crippen LogP contribution in [0.3, 0.4) is 0 Å². The summed E-state index contributed by atoms with van der Waals surface area (Å²) >= 11 is 15.6. The Morgan fingerprint density at radius 3 is 0.454 bits per heavy atom. The second kappa shape index (κ2) is 123. The van der Waals surface area contributed by atoms with Gasteiger partial charge in [0.1, 0.15) is 0 Å². The van der Waals surface area contributed by atoms with Gasteiger partial charge in [-0.05, 0) is 42.2 Å². The van der Waals surface area contributed by atoms with E-state index in [1.54, 1.807) is 107 Å². The number of fused-ring (bicyclic) bond motifs is 3. The minimum atomic E-state index is 0.813. The van der Waals surface area contributed by atoms with E-state index in [2.05, 4.69) is 23.2 Å². The van der Waals surface area contributed by atoms with Gasteiger partial charge in [0.25, 0.3) is 0 Å². The van der Waals surface area contributed by atoms with Crippen molar-refractivity contribution in [1.82, 2.24) is 4.98 Å². The lowest BCUT2D eigenvalue weighted by atomic mass is 9.89. The molecule has 1 aromatic carbocycles. The average Bonchev–Trinajstić information content (AvgIpc) is 0.794. The van der Waals surface area contributed by atoms with Gasteiger partial charge in [0.2, 0.25) is 0 Å². The molecule has 1 nitrogen and oxygen atoms in total. The topological polar surface area (TPSA) is 12.9 Å². The number of pyridine rings is 1. The van der Waals surface area contributed by atoms with Gasteiger partial charge < -0.3 is 0 Å².